The number of hydrogen-bond acceptors (Lipinski definition) is 3. The molecule has 1 heterocycles. The predicted molar refractivity (Wildman–Crippen MR) is 113 cm³/mol. The molecule has 0 bridgehead atoms. The lowest BCUT2D eigenvalue weighted by Gasteiger charge is -2.32. The first-order chi connectivity index (χ1) is 14.2. The summed E-state index contributed by atoms with van der Waals surface area (Å²) in [5.74, 6) is 1.01. The van der Waals surface area contributed by atoms with E-state index in [1.165, 1.54) is 0 Å². The van der Waals surface area contributed by atoms with E-state index in [0.29, 0.717) is 43.5 Å². The van der Waals surface area contributed by atoms with Crippen LogP contribution in [0.15, 0.2) is 54.6 Å². The first kappa shape index (κ1) is 20.5. The first-order valence-corrected chi connectivity index (χ1v) is 9.90. The Morgan fingerprint density at radius 2 is 1.69 bits per heavy atom. The van der Waals surface area contributed by atoms with Crippen LogP contribution in [0.2, 0.25) is 0 Å². The molecule has 1 saturated heterocycles. The summed E-state index contributed by atoms with van der Waals surface area (Å²) in [5, 5.41) is 8.71. The number of benzene rings is 2. The van der Waals surface area contributed by atoms with E-state index in [0.717, 1.165) is 18.4 Å². The van der Waals surface area contributed by atoms with Crippen molar-refractivity contribution in [1.29, 1.82) is 0 Å². The zero-order valence-corrected chi connectivity index (χ0v) is 16.7. The first-order valence-electron chi connectivity index (χ1n) is 9.90. The van der Waals surface area contributed by atoms with Crippen LogP contribution in [-0.2, 0) is 6.54 Å². The lowest BCUT2D eigenvalue weighted by Crippen LogP contribution is -2.44. The van der Waals surface area contributed by atoms with Crippen LogP contribution < -0.4 is 20.7 Å². The van der Waals surface area contributed by atoms with Gasteiger partial charge in [-0.05, 0) is 36.5 Å². The van der Waals surface area contributed by atoms with Gasteiger partial charge >= 0.3 is 12.1 Å². The van der Waals surface area contributed by atoms with Gasteiger partial charge in [0.1, 0.15) is 5.75 Å². The van der Waals surface area contributed by atoms with Gasteiger partial charge in [0, 0.05) is 26.2 Å². The van der Waals surface area contributed by atoms with E-state index in [2.05, 4.69) is 16.0 Å². The molecular formula is C22H28N4O3. The SMILES string of the molecule is COc1ccccc1NC(=O)N1CCC(CNC(=O)NCc2ccccc2)CC1. The van der Waals surface area contributed by atoms with Crippen molar-refractivity contribution >= 4 is 17.7 Å². The van der Waals surface area contributed by atoms with E-state index in [9.17, 15) is 9.59 Å². The summed E-state index contributed by atoms with van der Waals surface area (Å²) in [6, 6.07) is 16.9. The number of anilines is 1. The van der Waals surface area contributed by atoms with Crippen LogP contribution in [0.1, 0.15) is 18.4 Å². The van der Waals surface area contributed by atoms with Crippen LogP contribution in [0.3, 0.4) is 0 Å². The van der Waals surface area contributed by atoms with E-state index in [4.69, 9.17) is 4.74 Å². The molecule has 4 amide bonds. The highest BCUT2D eigenvalue weighted by Gasteiger charge is 2.23. The van der Waals surface area contributed by atoms with E-state index >= 15 is 0 Å². The molecule has 29 heavy (non-hydrogen) atoms. The topological polar surface area (TPSA) is 82.7 Å². The molecule has 0 saturated carbocycles. The quantitative estimate of drug-likeness (QED) is 0.699. The van der Waals surface area contributed by atoms with Gasteiger partial charge in [0.25, 0.3) is 0 Å². The van der Waals surface area contributed by atoms with Gasteiger partial charge in [-0.2, -0.15) is 0 Å². The third kappa shape index (κ3) is 6.14. The lowest BCUT2D eigenvalue weighted by atomic mass is 9.97. The molecule has 154 valence electrons. The van der Waals surface area contributed by atoms with Crippen LogP contribution in [-0.4, -0.2) is 43.7 Å². The fraction of sp³-hybridized carbons (Fsp3) is 0.364. The van der Waals surface area contributed by atoms with Gasteiger partial charge in [0.15, 0.2) is 0 Å². The molecule has 2 aromatic rings. The Hall–Kier alpha value is -3.22. The van der Waals surface area contributed by atoms with Gasteiger partial charge in [0.2, 0.25) is 0 Å². The monoisotopic (exact) mass is 396 g/mol. The van der Waals surface area contributed by atoms with Gasteiger partial charge in [-0.1, -0.05) is 42.5 Å². The highest BCUT2D eigenvalue weighted by atomic mass is 16.5. The number of nitrogens with one attached hydrogen (secondary N) is 3. The van der Waals surface area contributed by atoms with Crippen LogP contribution in [0.25, 0.3) is 0 Å². The molecule has 3 N–H and O–H groups in total. The van der Waals surface area contributed by atoms with E-state index in [-0.39, 0.29) is 12.1 Å². The standard InChI is InChI=1S/C22H28N4O3/c1-29-20-10-6-5-9-19(20)25-22(28)26-13-11-18(12-14-26)16-24-21(27)23-15-17-7-3-2-4-8-17/h2-10,18H,11-16H2,1H3,(H,25,28)(H2,23,24,27). The van der Waals surface area contributed by atoms with Crippen molar-refractivity contribution < 1.29 is 14.3 Å². The summed E-state index contributed by atoms with van der Waals surface area (Å²) in [5.41, 5.74) is 1.73. The molecule has 1 fully saturated rings. The molecule has 3 rings (SSSR count). The Bertz CT molecular complexity index is 805. The molecule has 1 aliphatic heterocycles. The molecule has 2 aromatic carbocycles. The molecule has 0 aliphatic carbocycles. The Kier molecular flexibility index (Phi) is 7.33. The van der Waals surface area contributed by atoms with Gasteiger partial charge < -0.3 is 25.6 Å². The average Bonchev–Trinajstić information content (AvgIpc) is 2.77. The second-order valence-corrected chi connectivity index (χ2v) is 7.11. The van der Waals surface area contributed by atoms with Gasteiger partial charge in [-0.3, -0.25) is 0 Å². The van der Waals surface area contributed by atoms with Crippen LogP contribution in [0, 0.1) is 5.92 Å². The van der Waals surface area contributed by atoms with Crippen molar-refractivity contribution in [2.75, 3.05) is 32.1 Å². The molecule has 0 atom stereocenters. The zero-order valence-electron chi connectivity index (χ0n) is 16.7. The molecule has 1 aliphatic rings. The van der Waals surface area contributed by atoms with E-state index in [1.54, 1.807) is 12.0 Å². The minimum absolute atomic E-state index is 0.124. The zero-order chi connectivity index (χ0) is 20.5. The predicted octanol–water partition coefficient (Wildman–Crippen LogP) is 3.44. The number of para-hydroxylation sites is 2. The Balaban J connectivity index is 1.36. The summed E-state index contributed by atoms with van der Waals surface area (Å²) < 4.78 is 5.27. The number of likely N-dealkylation sites (tertiary alicyclic amines) is 1. The number of rotatable bonds is 6. The number of hydrogen-bond donors (Lipinski definition) is 3. The number of ether oxygens (including phenoxy) is 1. The number of amides is 4. The molecule has 7 heteroatoms. The number of carbonyl (C=O) groups excluding carboxylic acids is 2. The maximum Gasteiger partial charge on any atom is 0.321 e. The number of methoxy groups -OCH3 is 1. The molecular weight excluding hydrogens is 368 g/mol. The number of piperidine rings is 1. The lowest BCUT2D eigenvalue weighted by molar-refractivity contribution is 0.180. The summed E-state index contributed by atoms with van der Waals surface area (Å²) >= 11 is 0. The number of carbonyl (C=O) groups is 2. The van der Waals surface area contributed by atoms with E-state index in [1.807, 2.05) is 54.6 Å². The molecule has 0 unspecified atom stereocenters. The van der Waals surface area contributed by atoms with Crippen molar-refractivity contribution in [1.82, 2.24) is 15.5 Å². The Morgan fingerprint density at radius 1 is 1.00 bits per heavy atom. The third-order valence-electron chi connectivity index (χ3n) is 5.10. The van der Waals surface area contributed by atoms with Crippen LogP contribution in [0.4, 0.5) is 15.3 Å². The van der Waals surface area contributed by atoms with Gasteiger partial charge in [-0.15, -0.1) is 0 Å². The van der Waals surface area contributed by atoms with Crippen molar-refractivity contribution in [3.8, 4) is 5.75 Å². The minimum atomic E-state index is -0.162. The molecule has 0 spiro atoms. The molecule has 7 nitrogen and oxygen atoms in total. The maximum atomic E-state index is 12.5. The summed E-state index contributed by atoms with van der Waals surface area (Å²) in [6.45, 7) is 2.45. The fourth-order valence-corrected chi connectivity index (χ4v) is 3.36. The smallest absolute Gasteiger partial charge is 0.321 e. The minimum Gasteiger partial charge on any atom is -0.495 e. The van der Waals surface area contributed by atoms with Crippen LogP contribution in [0.5, 0.6) is 5.75 Å². The fourth-order valence-electron chi connectivity index (χ4n) is 3.36. The number of urea groups is 2. The van der Waals surface area contributed by atoms with Gasteiger partial charge in [0.05, 0.1) is 12.8 Å². The second kappa shape index (κ2) is 10.4. The summed E-state index contributed by atoms with van der Waals surface area (Å²) in [6.07, 6.45) is 1.72. The van der Waals surface area contributed by atoms with Crippen molar-refractivity contribution in [3.05, 3.63) is 60.2 Å². The van der Waals surface area contributed by atoms with E-state index < -0.39 is 0 Å². The summed E-state index contributed by atoms with van der Waals surface area (Å²) in [4.78, 5) is 26.3. The Morgan fingerprint density at radius 3 is 2.41 bits per heavy atom. The highest BCUT2D eigenvalue weighted by Crippen LogP contribution is 2.24. The average molecular weight is 396 g/mol. The molecule has 0 aromatic heterocycles. The van der Waals surface area contributed by atoms with Gasteiger partial charge in [-0.25, -0.2) is 9.59 Å². The highest BCUT2D eigenvalue weighted by molar-refractivity contribution is 5.91. The summed E-state index contributed by atoms with van der Waals surface area (Å²) in [7, 11) is 1.58. The molecule has 0 radical (unpaired) electrons. The van der Waals surface area contributed by atoms with Crippen molar-refractivity contribution in [2.24, 2.45) is 5.92 Å². The third-order valence-corrected chi connectivity index (χ3v) is 5.10. The van der Waals surface area contributed by atoms with Crippen molar-refractivity contribution in [2.45, 2.75) is 19.4 Å². The second-order valence-electron chi connectivity index (χ2n) is 7.11. The normalized spacial score (nSPS) is 14.2. The van der Waals surface area contributed by atoms with Crippen LogP contribution >= 0.6 is 0 Å². The van der Waals surface area contributed by atoms with Crippen molar-refractivity contribution in [3.63, 3.8) is 0 Å². The Labute approximate surface area is 171 Å². The largest absolute Gasteiger partial charge is 0.495 e. The number of nitrogens with zero attached hydrogens (tertiary/aromatic N) is 1. The maximum absolute atomic E-state index is 12.5.